The molecular formula is C18H19F4N3O3S. The normalized spacial score (nSPS) is 16.0. The number of carbonyl (C=O) groups excluding carboxylic acids is 1. The minimum atomic E-state index is -4.71. The third kappa shape index (κ3) is 3.88. The summed E-state index contributed by atoms with van der Waals surface area (Å²) in [5.74, 6) is -1.42. The van der Waals surface area contributed by atoms with E-state index in [9.17, 15) is 30.8 Å². The summed E-state index contributed by atoms with van der Waals surface area (Å²) in [5, 5.41) is 2.36. The molecule has 0 spiro atoms. The Kier molecular flexibility index (Phi) is 5.02. The molecule has 1 amide bonds. The largest absolute Gasteiger partial charge is 0.407 e. The number of sulfonamides is 1. The second-order valence-electron chi connectivity index (χ2n) is 7.18. The molecular weight excluding hydrogens is 414 g/mol. The monoisotopic (exact) mass is 433 g/mol. The van der Waals surface area contributed by atoms with E-state index in [4.69, 9.17) is 0 Å². The highest BCUT2D eigenvalue weighted by molar-refractivity contribution is 7.89. The van der Waals surface area contributed by atoms with Crippen molar-refractivity contribution in [2.45, 2.75) is 43.3 Å². The first-order valence-electron chi connectivity index (χ1n) is 8.61. The Hall–Kier alpha value is -2.40. The Labute approximate surface area is 165 Å². The molecule has 1 fully saturated rings. The van der Waals surface area contributed by atoms with Gasteiger partial charge in [0, 0.05) is 13.2 Å². The van der Waals surface area contributed by atoms with Gasteiger partial charge in [-0.3, -0.25) is 4.79 Å². The van der Waals surface area contributed by atoms with Gasteiger partial charge >= 0.3 is 6.18 Å². The number of aromatic nitrogens is 1. The standard InChI is InChI=1S/C18H19F4N3O3S/c1-10-4-5-13(15(19)11(10)2)23-16(26)14-8-12(9-25(14)3)29(27,28)24-17(6-7-17)18(20,21)22/h4-5,8-9,24H,6-7H2,1-3H3,(H,23,26). The summed E-state index contributed by atoms with van der Waals surface area (Å²) in [6.07, 6.45) is -4.37. The van der Waals surface area contributed by atoms with Crippen LogP contribution < -0.4 is 10.0 Å². The molecule has 0 radical (unpaired) electrons. The number of nitrogens with one attached hydrogen (secondary N) is 2. The van der Waals surface area contributed by atoms with Gasteiger partial charge < -0.3 is 9.88 Å². The summed E-state index contributed by atoms with van der Waals surface area (Å²) < 4.78 is 81.1. The molecule has 3 rings (SSSR count). The van der Waals surface area contributed by atoms with Crippen LogP contribution in [0.1, 0.15) is 34.5 Å². The minimum Gasteiger partial charge on any atom is -0.345 e. The van der Waals surface area contributed by atoms with E-state index in [0.29, 0.717) is 11.1 Å². The molecule has 1 heterocycles. The van der Waals surface area contributed by atoms with E-state index in [-0.39, 0.29) is 24.2 Å². The van der Waals surface area contributed by atoms with Crippen LogP contribution in [0.15, 0.2) is 29.3 Å². The number of amides is 1. The lowest BCUT2D eigenvalue weighted by Crippen LogP contribution is -2.47. The zero-order valence-corrected chi connectivity index (χ0v) is 16.6. The van der Waals surface area contributed by atoms with Crippen LogP contribution >= 0.6 is 0 Å². The summed E-state index contributed by atoms with van der Waals surface area (Å²) in [6, 6.07) is 3.94. The van der Waals surface area contributed by atoms with Gasteiger partial charge in [-0.25, -0.2) is 12.8 Å². The maximum Gasteiger partial charge on any atom is 0.407 e. The van der Waals surface area contributed by atoms with Crippen molar-refractivity contribution in [2.75, 3.05) is 5.32 Å². The van der Waals surface area contributed by atoms with Crippen molar-refractivity contribution in [1.29, 1.82) is 0 Å². The van der Waals surface area contributed by atoms with Crippen molar-refractivity contribution < 1.29 is 30.8 Å². The average molecular weight is 433 g/mol. The number of benzene rings is 1. The fraction of sp³-hybridized carbons (Fsp3) is 0.389. The van der Waals surface area contributed by atoms with Gasteiger partial charge in [0.15, 0.2) is 0 Å². The first-order chi connectivity index (χ1) is 13.3. The van der Waals surface area contributed by atoms with E-state index in [1.807, 2.05) is 0 Å². The van der Waals surface area contributed by atoms with Crippen molar-refractivity contribution in [3.63, 3.8) is 0 Å². The third-order valence-corrected chi connectivity index (χ3v) is 6.55. The molecule has 2 N–H and O–H groups in total. The van der Waals surface area contributed by atoms with Crippen molar-refractivity contribution >= 4 is 21.6 Å². The minimum absolute atomic E-state index is 0.0872. The lowest BCUT2D eigenvalue weighted by atomic mass is 10.1. The molecule has 2 aromatic rings. The predicted octanol–water partition coefficient (Wildman–Crippen LogP) is 3.41. The van der Waals surface area contributed by atoms with Crippen LogP contribution in [0.25, 0.3) is 0 Å². The molecule has 11 heteroatoms. The van der Waals surface area contributed by atoms with Crippen molar-refractivity contribution in [2.24, 2.45) is 7.05 Å². The second-order valence-corrected chi connectivity index (χ2v) is 8.86. The maximum absolute atomic E-state index is 14.3. The third-order valence-electron chi connectivity index (χ3n) is 5.05. The zero-order chi connectivity index (χ0) is 21.8. The molecule has 1 aliphatic carbocycles. The molecule has 29 heavy (non-hydrogen) atoms. The molecule has 0 atom stereocenters. The smallest absolute Gasteiger partial charge is 0.345 e. The molecule has 1 aromatic carbocycles. The van der Waals surface area contributed by atoms with Crippen LogP contribution in [0.4, 0.5) is 23.2 Å². The molecule has 158 valence electrons. The van der Waals surface area contributed by atoms with E-state index in [1.165, 1.54) is 13.1 Å². The summed E-state index contributed by atoms with van der Waals surface area (Å²) in [6.45, 7) is 3.26. The highest BCUT2D eigenvalue weighted by Gasteiger charge is 2.65. The fourth-order valence-corrected chi connectivity index (χ4v) is 4.37. The quantitative estimate of drug-likeness (QED) is 0.710. The number of anilines is 1. The van der Waals surface area contributed by atoms with Gasteiger partial charge in [0.05, 0.1) is 5.69 Å². The Morgan fingerprint density at radius 1 is 1.21 bits per heavy atom. The van der Waals surface area contributed by atoms with Crippen LogP contribution in [0.3, 0.4) is 0 Å². The molecule has 0 unspecified atom stereocenters. The highest BCUT2D eigenvalue weighted by atomic mass is 32.2. The number of hydrogen-bond donors (Lipinski definition) is 2. The lowest BCUT2D eigenvalue weighted by molar-refractivity contribution is -0.160. The van der Waals surface area contributed by atoms with Gasteiger partial charge in [-0.1, -0.05) is 6.07 Å². The van der Waals surface area contributed by atoms with Gasteiger partial charge in [0.1, 0.15) is 21.9 Å². The molecule has 0 bridgehead atoms. The van der Waals surface area contributed by atoms with E-state index in [0.717, 1.165) is 16.8 Å². The predicted molar refractivity (Wildman–Crippen MR) is 97.6 cm³/mol. The number of alkyl halides is 3. The van der Waals surface area contributed by atoms with E-state index in [2.05, 4.69) is 5.32 Å². The molecule has 1 aromatic heterocycles. The molecule has 1 saturated carbocycles. The molecule has 0 saturated heterocycles. The van der Waals surface area contributed by atoms with Crippen molar-refractivity contribution in [1.82, 2.24) is 9.29 Å². The highest BCUT2D eigenvalue weighted by Crippen LogP contribution is 2.49. The topological polar surface area (TPSA) is 80.2 Å². The Balaban J connectivity index is 1.85. The van der Waals surface area contributed by atoms with E-state index in [1.54, 1.807) is 24.6 Å². The first kappa shape index (κ1) is 21.3. The number of hydrogen-bond acceptors (Lipinski definition) is 3. The zero-order valence-electron chi connectivity index (χ0n) is 15.8. The lowest BCUT2D eigenvalue weighted by Gasteiger charge is -2.20. The van der Waals surface area contributed by atoms with Crippen LogP contribution in [0.5, 0.6) is 0 Å². The summed E-state index contributed by atoms with van der Waals surface area (Å²) in [7, 11) is -3.15. The van der Waals surface area contributed by atoms with Gasteiger partial charge in [-0.2, -0.15) is 17.9 Å². The Morgan fingerprint density at radius 3 is 2.38 bits per heavy atom. The number of halogens is 4. The summed E-state index contributed by atoms with van der Waals surface area (Å²) in [5.41, 5.74) is -1.66. The summed E-state index contributed by atoms with van der Waals surface area (Å²) >= 11 is 0. The average Bonchev–Trinajstić information content (AvgIpc) is 3.28. The Bertz CT molecular complexity index is 1090. The SMILES string of the molecule is Cc1ccc(NC(=O)c2cc(S(=O)(=O)NC3(C(F)(F)F)CC3)cn2C)c(F)c1C. The van der Waals surface area contributed by atoms with Crippen LogP contribution in [0.2, 0.25) is 0 Å². The fourth-order valence-electron chi connectivity index (χ4n) is 2.86. The van der Waals surface area contributed by atoms with Crippen LogP contribution in [-0.2, 0) is 17.1 Å². The number of nitrogens with zero attached hydrogens (tertiary/aromatic N) is 1. The maximum atomic E-state index is 14.3. The number of carbonyl (C=O) groups is 1. The van der Waals surface area contributed by atoms with Gasteiger partial charge in [-0.05, 0) is 49.9 Å². The van der Waals surface area contributed by atoms with Crippen molar-refractivity contribution in [3.8, 4) is 0 Å². The van der Waals surface area contributed by atoms with Crippen LogP contribution in [0, 0.1) is 19.7 Å². The summed E-state index contributed by atoms with van der Waals surface area (Å²) in [4.78, 5) is 12.0. The van der Waals surface area contributed by atoms with Gasteiger partial charge in [-0.15, -0.1) is 0 Å². The molecule has 0 aliphatic heterocycles. The van der Waals surface area contributed by atoms with Gasteiger partial charge in [0.25, 0.3) is 5.91 Å². The Morgan fingerprint density at radius 2 is 1.83 bits per heavy atom. The van der Waals surface area contributed by atoms with Crippen molar-refractivity contribution in [3.05, 3.63) is 47.0 Å². The van der Waals surface area contributed by atoms with Crippen LogP contribution in [-0.4, -0.2) is 30.6 Å². The first-order valence-corrected chi connectivity index (χ1v) is 10.1. The van der Waals surface area contributed by atoms with Gasteiger partial charge in [0.2, 0.25) is 10.0 Å². The van der Waals surface area contributed by atoms with E-state index < -0.39 is 38.4 Å². The molecule has 1 aliphatic rings. The second kappa shape index (κ2) is 6.84. The number of aryl methyl sites for hydroxylation is 2. The number of rotatable bonds is 5. The molecule has 6 nitrogen and oxygen atoms in total. The van der Waals surface area contributed by atoms with E-state index >= 15 is 0 Å².